The summed E-state index contributed by atoms with van der Waals surface area (Å²) in [6.07, 6.45) is 0. The van der Waals surface area contributed by atoms with Crippen molar-refractivity contribution in [1.82, 2.24) is 20.2 Å². The highest BCUT2D eigenvalue weighted by molar-refractivity contribution is 7.59. The molecule has 0 amide bonds. The standard InChI is InChI=1S/C8H11N5O2.H2S/c1-4-6(7(14)15)5(2)13-8(12(4)3)9-10-11-13;/h5H,1-3H3,(H,14,15);1H2/t5-;/m0./s1. The van der Waals surface area contributed by atoms with Crippen LogP contribution in [0.3, 0.4) is 0 Å². The highest BCUT2D eigenvalue weighted by Crippen LogP contribution is 2.31. The molecule has 1 N–H and O–H groups in total. The van der Waals surface area contributed by atoms with Crippen LogP contribution in [0.25, 0.3) is 0 Å². The molecule has 8 heteroatoms. The lowest BCUT2D eigenvalue weighted by Gasteiger charge is -2.29. The van der Waals surface area contributed by atoms with E-state index in [1.54, 1.807) is 25.8 Å². The van der Waals surface area contributed by atoms with Gasteiger partial charge in [-0.05, 0) is 24.3 Å². The van der Waals surface area contributed by atoms with E-state index in [0.717, 1.165) is 0 Å². The van der Waals surface area contributed by atoms with E-state index in [0.29, 0.717) is 17.2 Å². The van der Waals surface area contributed by atoms with E-state index < -0.39 is 5.97 Å². The first-order valence-corrected chi connectivity index (χ1v) is 4.49. The van der Waals surface area contributed by atoms with Gasteiger partial charge in [0.25, 0.3) is 0 Å². The van der Waals surface area contributed by atoms with Crippen LogP contribution in [0.1, 0.15) is 19.9 Å². The molecule has 0 saturated heterocycles. The summed E-state index contributed by atoms with van der Waals surface area (Å²) in [6, 6.07) is -0.344. The van der Waals surface area contributed by atoms with Crippen LogP contribution in [0.4, 0.5) is 5.95 Å². The number of aliphatic carboxylic acids is 1. The molecule has 2 heterocycles. The molecule has 0 unspecified atom stereocenters. The molecule has 0 saturated carbocycles. The van der Waals surface area contributed by atoms with E-state index in [1.807, 2.05) is 0 Å². The smallest absolute Gasteiger partial charge is 0.335 e. The van der Waals surface area contributed by atoms with E-state index in [2.05, 4.69) is 15.5 Å². The molecule has 2 rings (SSSR count). The van der Waals surface area contributed by atoms with E-state index in [4.69, 9.17) is 5.11 Å². The summed E-state index contributed by atoms with van der Waals surface area (Å²) >= 11 is 0. The number of carboxylic acids is 1. The van der Waals surface area contributed by atoms with Gasteiger partial charge in [0.2, 0.25) is 5.95 Å². The highest BCUT2D eigenvalue weighted by Gasteiger charge is 2.32. The van der Waals surface area contributed by atoms with Crippen molar-refractivity contribution in [2.75, 3.05) is 11.9 Å². The van der Waals surface area contributed by atoms with Crippen molar-refractivity contribution in [2.24, 2.45) is 0 Å². The molecule has 16 heavy (non-hydrogen) atoms. The second-order valence-corrected chi connectivity index (χ2v) is 3.46. The normalized spacial score (nSPS) is 19.2. The van der Waals surface area contributed by atoms with Crippen molar-refractivity contribution >= 4 is 25.4 Å². The molecule has 1 aromatic rings. The molecule has 0 radical (unpaired) electrons. The molecular formula is C8H13N5O2S. The van der Waals surface area contributed by atoms with Crippen molar-refractivity contribution in [2.45, 2.75) is 19.9 Å². The monoisotopic (exact) mass is 243 g/mol. The Kier molecular flexibility index (Phi) is 3.22. The third-order valence-electron chi connectivity index (χ3n) is 2.68. The molecule has 1 aliphatic heterocycles. The largest absolute Gasteiger partial charge is 0.478 e. The van der Waals surface area contributed by atoms with Gasteiger partial charge in [-0.1, -0.05) is 5.10 Å². The first kappa shape index (κ1) is 12.5. The van der Waals surface area contributed by atoms with Gasteiger partial charge < -0.3 is 10.0 Å². The van der Waals surface area contributed by atoms with Crippen LogP contribution >= 0.6 is 13.5 Å². The Balaban J connectivity index is 0.00000128. The Bertz CT molecular complexity index is 455. The number of allylic oxidation sites excluding steroid dienone is 1. The number of fused-ring (bicyclic) bond motifs is 1. The topological polar surface area (TPSA) is 84.1 Å². The van der Waals surface area contributed by atoms with Gasteiger partial charge in [0.05, 0.1) is 11.6 Å². The van der Waals surface area contributed by atoms with Crippen molar-refractivity contribution in [3.05, 3.63) is 11.3 Å². The van der Waals surface area contributed by atoms with Crippen LogP contribution in [-0.4, -0.2) is 38.3 Å². The Morgan fingerprint density at radius 2 is 2.12 bits per heavy atom. The zero-order chi connectivity index (χ0) is 11.2. The number of anilines is 1. The Labute approximate surface area is 99.2 Å². The molecule has 0 aromatic carbocycles. The van der Waals surface area contributed by atoms with E-state index in [1.165, 1.54) is 4.68 Å². The minimum atomic E-state index is -0.937. The summed E-state index contributed by atoms with van der Waals surface area (Å²) in [4.78, 5) is 12.8. The summed E-state index contributed by atoms with van der Waals surface area (Å²) in [6.45, 7) is 3.51. The Morgan fingerprint density at radius 3 is 2.69 bits per heavy atom. The van der Waals surface area contributed by atoms with Crippen LogP contribution in [0.15, 0.2) is 11.3 Å². The van der Waals surface area contributed by atoms with Crippen molar-refractivity contribution in [3.63, 3.8) is 0 Å². The summed E-state index contributed by atoms with van der Waals surface area (Å²) in [5, 5.41) is 20.2. The van der Waals surface area contributed by atoms with Gasteiger partial charge in [-0.15, -0.1) is 0 Å². The van der Waals surface area contributed by atoms with Gasteiger partial charge in [-0.25, -0.2) is 9.48 Å². The third-order valence-corrected chi connectivity index (χ3v) is 2.68. The summed E-state index contributed by atoms with van der Waals surface area (Å²) < 4.78 is 1.50. The SMILES string of the molecule is CC1=C(C(=O)O)[C@H](C)n2nnnc2N1C.S. The van der Waals surface area contributed by atoms with E-state index in [9.17, 15) is 4.79 Å². The highest BCUT2D eigenvalue weighted by atomic mass is 32.1. The molecule has 0 spiro atoms. The molecule has 1 atom stereocenters. The number of nitrogens with zero attached hydrogens (tertiary/aromatic N) is 5. The fourth-order valence-corrected chi connectivity index (χ4v) is 1.75. The second-order valence-electron chi connectivity index (χ2n) is 3.46. The minimum Gasteiger partial charge on any atom is -0.478 e. The van der Waals surface area contributed by atoms with Crippen LogP contribution in [0.5, 0.6) is 0 Å². The molecule has 88 valence electrons. The molecule has 7 nitrogen and oxygen atoms in total. The number of tetrazole rings is 1. The van der Waals surface area contributed by atoms with Crippen LogP contribution in [-0.2, 0) is 4.79 Å². The number of hydrogen-bond acceptors (Lipinski definition) is 5. The summed E-state index contributed by atoms with van der Waals surface area (Å²) in [5.41, 5.74) is 0.981. The fourth-order valence-electron chi connectivity index (χ4n) is 1.75. The maximum atomic E-state index is 11.1. The molecular weight excluding hydrogens is 230 g/mol. The first-order valence-electron chi connectivity index (χ1n) is 4.49. The minimum absolute atomic E-state index is 0. The van der Waals surface area contributed by atoms with Gasteiger partial charge in [-0.2, -0.15) is 13.5 Å². The first-order chi connectivity index (χ1) is 7.04. The maximum absolute atomic E-state index is 11.1. The number of hydrogen-bond donors (Lipinski definition) is 1. The zero-order valence-corrected chi connectivity index (χ0v) is 10.2. The van der Waals surface area contributed by atoms with E-state index >= 15 is 0 Å². The molecule has 0 fully saturated rings. The van der Waals surface area contributed by atoms with Crippen molar-refractivity contribution < 1.29 is 9.90 Å². The Morgan fingerprint density at radius 1 is 1.50 bits per heavy atom. The van der Waals surface area contributed by atoms with Gasteiger partial charge in [0, 0.05) is 12.7 Å². The predicted molar refractivity (Wildman–Crippen MR) is 61.6 cm³/mol. The number of aromatic nitrogens is 4. The number of carbonyl (C=O) groups is 1. The van der Waals surface area contributed by atoms with Gasteiger partial charge in [0.1, 0.15) is 0 Å². The molecule has 1 aromatic heterocycles. The zero-order valence-electron chi connectivity index (χ0n) is 9.17. The quantitative estimate of drug-likeness (QED) is 0.756. The number of rotatable bonds is 1. The van der Waals surface area contributed by atoms with Gasteiger partial charge in [0.15, 0.2) is 0 Å². The van der Waals surface area contributed by atoms with Crippen LogP contribution in [0, 0.1) is 0 Å². The molecule has 0 bridgehead atoms. The lowest BCUT2D eigenvalue weighted by Crippen LogP contribution is -2.32. The Hall–Kier alpha value is -1.57. The maximum Gasteiger partial charge on any atom is 0.335 e. The fraction of sp³-hybridized carbons (Fsp3) is 0.500. The van der Waals surface area contributed by atoms with Crippen molar-refractivity contribution in [3.8, 4) is 0 Å². The lowest BCUT2D eigenvalue weighted by atomic mass is 10.1. The number of carboxylic acid groups (broad SMARTS) is 1. The predicted octanol–water partition coefficient (Wildman–Crippen LogP) is 0.155. The lowest BCUT2D eigenvalue weighted by molar-refractivity contribution is -0.133. The third kappa shape index (κ3) is 1.54. The molecule has 1 aliphatic rings. The van der Waals surface area contributed by atoms with Crippen molar-refractivity contribution in [1.29, 1.82) is 0 Å². The second kappa shape index (κ2) is 4.12. The average molecular weight is 243 g/mol. The molecule has 0 aliphatic carbocycles. The van der Waals surface area contributed by atoms with Crippen LogP contribution < -0.4 is 4.90 Å². The summed E-state index contributed by atoms with van der Waals surface area (Å²) in [7, 11) is 1.74. The van der Waals surface area contributed by atoms with Gasteiger partial charge >= 0.3 is 5.97 Å². The van der Waals surface area contributed by atoms with Gasteiger partial charge in [-0.3, -0.25) is 0 Å². The summed E-state index contributed by atoms with van der Waals surface area (Å²) in [5.74, 6) is -0.377. The average Bonchev–Trinajstić information content (AvgIpc) is 2.62. The van der Waals surface area contributed by atoms with E-state index in [-0.39, 0.29) is 19.5 Å². The van der Waals surface area contributed by atoms with Crippen LogP contribution in [0.2, 0.25) is 0 Å².